The first kappa shape index (κ1) is 19.1. The number of carbonyl (C=O) groups is 1. The van der Waals surface area contributed by atoms with E-state index in [1.165, 1.54) is 6.07 Å². The Hall–Kier alpha value is -2.19. The van der Waals surface area contributed by atoms with Crippen molar-refractivity contribution in [2.24, 2.45) is 0 Å². The van der Waals surface area contributed by atoms with Gasteiger partial charge in [0.15, 0.2) is 0 Å². The van der Waals surface area contributed by atoms with E-state index < -0.39 is 0 Å². The van der Waals surface area contributed by atoms with Crippen molar-refractivity contribution in [2.45, 2.75) is 31.2 Å². The molecule has 1 spiro atoms. The van der Waals surface area contributed by atoms with Crippen molar-refractivity contribution in [1.82, 2.24) is 9.80 Å². The number of hydrogen-bond acceptors (Lipinski definition) is 6. The Balaban J connectivity index is 1.60. The van der Waals surface area contributed by atoms with Gasteiger partial charge in [-0.25, -0.2) is 0 Å². The van der Waals surface area contributed by atoms with E-state index in [0.29, 0.717) is 37.6 Å². The van der Waals surface area contributed by atoms with Crippen LogP contribution in [0.25, 0.3) is 0 Å². The monoisotopic (exact) mass is 388 g/mol. The zero-order valence-electron chi connectivity index (χ0n) is 16.4. The Morgan fingerprint density at radius 1 is 1.11 bits per heavy atom. The molecule has 3 aliphatic heterocycles. The van der Waals surface area contributed by atoms with Crippen LogP contribution >= 0.6 is 0 Å². The van der Waals surface area contributed by atoms with Gasteiger partial charge < -0.3 is 19.4 Å². The third-order valence-corrected chi connectivity index (χ3v) is 6.53. The van der Waals surface area contributed by atoms with Crippen LogP contribution < -0.4 is 4.90 Å². The summed E-state index contributed by atoms with van der Waals surface area (Å²) in [6.07, 6.45) is 3.98. The molecule has 8 nitrogen and oxygen atoms in total. The molecule has 3 fully saturated rings. The predicted molar refractivity (Wildman–Crippen MR) is 106 cm³/mol. The van der Waals surface area contributed by atoms with Crippen LogP contribution in [0.1, 0.15) is 36.0 Å². The molecule has 8 heteroatoms. The number of ether oxygens (including phenoxy) is 1. The van der Waals surface area contributed by atoms with E-state index in [1.807, 2.05) is 9.80 Å². The quantitative estimate of drug-likeness (QED) is 0.583. The van der Waals surface area contributed by atoms with Gasteiger partial charge in [-0.05, 0) is 44.9 Å². The van der Waals surface area contributed by atoms with Crippen LogP contribution in [0, 0.1) is 10.1 Å². The molecule has 0 atom stereocenters. The van der Waals surface area contributed by atoms with Crippen molar-refractivity contribution < 1.29 is 14.5 Å². The fourth-order valence-electron chi connectivity index (χ4n) is 4.84. The van der Waals surface area contributed by atoms with Gasteiger partial charge in [0.05, 0.1) is 18.1 Å². The highest BCUT2D eigenvalue weighted by Crippen LogP contribution is 2.40. The van der Waals surface area contributed by atoms with E-state index in [4.69, 9.17) is 4.74 Å². The molecule has 3 aliphatic rings. The molecule has 1 amide bonds. The molecule has 0 unspecified atom stereocenters. The molecule has 1 aromatic carbocycles. The largest absolute Gasteiger partial charge is 0.378 e. The van der Waals surface area contributed by atoms with E-state index >= 15 is 0 Å². The number of nitro groups is 1. The maximum atomic E-state index is 13.3. The van der Waals surface area contributed by atoms with Gasteiger partial charge in [-0.15, -0.1) is 0 Å². The normalized spacial score (nSPS) is 22.6. The van der Waals surface area contributed by atoms with Crippen molar-refractivity contribution in [3.05, 3.63) is 33.9 Å². The van der Waals surface area contributed by atoms with Crippen molar-refractivity contribution >= 4 is 17.3 Å². The molecule has 0 radical (unpaired) electrons. The summed E-state index contributed by atoms with van der Waals surface area (Å²) in [6, 6.07) is 4.95. The van der Waals surface area contributed by atoms with Gasteiger partial charge in [0.25, 0.3) is 11.6 Å². The summed E-state index contributed by atoms with van der Waals surface area (Å²) in [6.45, 7) is 5.07. The number of rotatable bonds is 3. The van der Waals surface area contributed by atoms with Crippen LogP contribution in [-0.2, 0) is 4.74 Å². The third kappa shape index (κ3) is 3.46. The second-order valence-corrected chi connectivity index (χ2v) is 8.15. The number of likely N-dealkylation sites (tertiary alicyclic amines) is 2. The number of carbonyl (C=O) groups excluding carboxylic acids is 1. The summed E-state index contributed by atoms with van der Waals surface area (Å²) >= 11 is 0. The molecule has 0 bridgehead atoms. The Kier molecular flexibility index (Phi) is 5.25. The molecular weight excluding hydrogens is 360 g/mol. The van der Waals surface area contributed by atoms with Gasteiger partial charge in [-0.1, -0.05) is 0 Å². The minimum absolute atomic E-state index is 0.00405. The van der Waals surface area contributed by atoms with Gasteiger partial charge in [-0.2, -0.15) is 0 Å². The number of piperidine rings is 1. The van der Waals surface area contributed by atoms with Gasteiger partial charge in [0.2, 0.25) is 0 Å². The van der Waals surface area contributed by atoms with Crippen LogP contribution in [0.3, 0.4) is 0 Å². The highest BCUT2D eigenvalue weighted by molar-refractivity contribution is 5.96. The first-order valence-corrected chi connectivity index (χ1v) is 10.1. The number of amides is 1. The zero-order valence-corrected chi connectivity index (χ0v) is 16.4. The Morgan fingerprint density at radius 2 is 1.82 bits per heavy atom. The molecular formula is C20H28N4O4. The fraction of sp³-hybridized carbons (Fsp3) is 0.650. The molecule has 3 heterocycles. The summed E-state index contributed by atoms with van der Waals surface area (Å²) in [4.78, 5) is 30.9. The lowest BCUT2D eigenvalue weighted by molar-refractivity contribution is -0.384. The smallest absolute Gasteiger partial charge is 0.293 e. The van der Waals surface area contributed by atoms with E-state index in [9.17, 15) is 14.9 Å². The molecule has 0 N–H and O–H groups in total. The Labute approximate surface area is 165 Å². The Bertz CT molecular complexity index is 755. The summed E-state index contributed by atoms with van der Waals surface area (Å²) < 4.78 is 5.35. The number of nitro benzene ring substituents is 1. The summed E-state index contributed by atoms with van der Waals surface area (Å²) in [5.74, 6) is -0.0707. The zero-order chi connectivity index (χ0) is 19.7. The van der Waals surface area contributed by atoms with Crippen LogP contribution in [0.5, 0.6) is 0 Å². The average molecular weight is 388 g/mol. The van der Waals surface area contributed by atoms with Crippen LogP contribution in [-0.4, -0.2) is 79.2 Å². The lowest BCUT2D eigenvalue weighted by atomic mass is 9.85. The van der Waals surface area contributed by atoms with Crippen molar-refractivity contribution in [2.75, 3.05) is 57.9 Å². The topological polar surface area (TPSA) is 79.2 Å². The number of morpholine rings is 1. The van der Waals surface area contributed by atoms with E-state index in [0.717, 1.165) is 45.3 Å². The summed E-state index contributed by atoms with van der Waals surface area (Å²) in [5, 5.41) is 11.7. The summed E-state index contributed by atoms with van der Waals surface area (Å²) in [7, 11) is 2.11. The lowest BCUT2D eigenvalue weighted by Gasteiger charge is -2.44. The number of hydrogen-bond donors (Lipinski definition) is 0. The van der Waals surface area contributed by atoms with Crippen molar-refractivity contribution in [3.8, 4) is 0 Å². The Morgan fingerprint density at radius 3 is 2.50 bits per heavy atom. The second kappa shape index (κ2) is 7.67. The molecule has 0 aromatic heterocycles. The number of anilines is 1. The SMILES string of the molecule is CN1CCC2(CCCN2C(=O)c2ccc(N3CCOCC3)c([N+](=O)[O-])c2)CC1. The van der Waals surface area contributed by atoms with Crippen LogP contribution in [0.4, 0.5) is 11.4 Å². The van der Waals surface area contributed by atoms with Gasteiger partial charge in [-0.3, -0.25) is 14.9 Å². The molecule has 3 saturated heterocycles. The first-order valence-electron chi connectivity index (χ1n) is 10.1. The maximum absolute atomic E-state index is 13.3. The van der Waals surface area contributed by atoms with Crippen LogP contribution in [0.15, 0.2) is 18.2 Å². The minimum Gasteiger partial charge on any atom is -0.378 e. The second-order valence-electron chi connectivity index (χ2n) is 8.15. The lowest BCUT2D eigenvalue weighted by Crippen LogP contribution is -2.53. The molecule has 28 heavy (non-hydrogen) atoms. The third-order valence-electron chi connectivity index (χ3n) is 6.53. The summed E-state index contributed by atoms with van der Waals surface area (Å²) in [5.41, 5.74) is 0.912. The van der Waals surface area contributed by atoms with E-state index in [1.54, 1.807) is 12.1 Å². The van der Waals surface area contributed by atoms with Gasteiger partial charge in [0, 0.05) is 49.9 Å². The van der Waals surface area contributed by atoms with Crippen molar-refractivity contribution in [1.29, 1.82) is 0 Å². The van der Waals surface area contributed by atoms with E-state index in [2.05, 4.69) is 11.9 Å². The standard InChI is InChI=1S/C20H28N4O4/c1-21-9-6-20(7-10-21)5-2-8-23(20)19(25)16-3-4-17(18(15-16)24(26)27)22-11-13-28-14-12-22/h3-4,15H,2,5-14H2,1H3. The van der Waals surface area contributed by atoms with Gasteiger partial charge in [0.1, 0.15) is 5.69 Å². The number of nitrogens with zero attached hydrogens (tertiary/aromatic N) is 4. The van der Waals surface area contributed by atoms with E-state index in [-0.39, 0.29) is 22.1 Å². The highest BCUT2D eigenvalue weighted by atomic mass is 16.6. The fourth-order valence-corrected chi connectivity index (χ4v) is 4.84. The highest BCUT2D eigenvalue weighted by Gasteiger charge is 2.45. The molecule has 4 rings (SSSR count). The molecule has 152 valence electrons. The first-order chi connectivity index (χ1) is 13.5. The van der Waals surface area contributed by atoms with Gasteiger partial charge >= 0.3 is 0 Å². The van der Waals surface area contributed by atoms with Crippen molar-refractivity contribution in [3.63, 3.8) is 0 Å². The maximum Gasteiger partial charge on any atom is 0.293 e. The number of benzene rings is 1. The predicted octanol–water partition coefficient (Wildman–Crippen LogP) is 2.13. The van der Waals surface area contributed by atoms with Crippen LogP contribution in [0.2, 0.25) is 0 Å². The molecule has 1 aromatic rings. The molecule has 0 saturated carbocycles. The minimum atomic E-state index is -0.378. The average Bonchev–Trinajstić information content (AvgIpc) is 3.13. The molecule has 0 aliphatic carbocycles.